The minimum absolute atomic E-state index is 0.622. The van der Waals surface area contributed by atoms with E-state index in [-0.39, 0.29) is 0 Å². The molecule has 18 heavy (non-hydrogen) atoms. The Hall–Kier alpha value is 0.320. The maximum Gasteiger partial charge on any atom is 0.0701 e. The van der Waals surface area contributed by atoms with Crippen molar-refractivity contribution in [1.82, 2.24) is 0 Å². The van der Waals surface area contributed by atoms with E-state index in [1.165, 1.54) is 6.42 Å². The molecule has 0 aromatic rings. The molecule has 0 rings (SSSR count). The van der Waals surface area contributed by atoms with Crippen molar-refractivity contribution >= 4 is 15.9 Å². The van der Waals surface area contributed by atoms with Crippen LogP contribution in [0.25, 0.3) is 0 Å². The van der Waals surface area contributed by atoms with Crippen LogP contribution in [0.15, 0.2) is 0 Å². The van der Waals surface area contributed by atoms with Crippen molar-refractivity contribution in [1.29, 1.82) is 0 Å². The molecule has 0 heterocycles. The van der Waals surface area contributed by atoms with Crippen LogP contribution in [0.4, 0.5) is 0 Å². The molecule has 0 N–H and O–H groups in total. The first kappa shape index (κ1) is 18.3. The van der Waals surface area contributed by atoms with E-state index < -0.39 is 0 Å². The van der Waals surface area contributed by atoms with Crippen LogP contribution < -0.4 is 0 Å². The molecule has 0 saturated heterocycles. The van der Waals surface area contributed by atoms with Crippen molar-refractivity contribution in [2.45, 2.75) is 26.2 Å². The number of ether oxygens (including phenoxy) is 4. The maximum atomic E-state index is 5.37. The second kappa shape index (κ2) is 17.3. The summed E-state index contributed by atoms with van der Waals surface area (Å²) in [6, 6.07) is 0. The summed E-state index contributed by atoms with van der Waals surface area (Å²) in [6.45, 7) is 7.65. The molecule has 0 aromatic carbocycles. The second-order valence-electron chi connectivity index (χ2n) is 3.85. The van der Waals surface area contributed by atoms with E-state index >= 15 is 0 Å². The van der Waals surface area contributed by atoms with E-state index in [2.05, 4.69) is 22.9 Å². The fourth-order valence-corrected chi connectivity index (χ4v) is 1.39. The molecule has 5 heteroatoms. The lowest BCUT2D eigenvalue weighted by atomic mass is 10.4. The van der Waals surface area contributed by atoms with Gasteiger partial charge in [-0.3, -0.25) is 0 Å². The Morgan fingerprint density at radius 2 is 1.00 bits per heavy atom. The second-order valence-corrected chi connectivity index (χ2v) is 4.64. The summed E-state index contributed by atoms with van der Waals surface area (Å²) in [5.41, 5.74) is 0. The van der Waals surface area contributed by atoms with Crippen molar-refractivity contribution in [3.05, 3.63) is 0 Å². The summed E-state index contributed by atoms with van der Waals surface area (Å²) < 4.78 is 21.4. The lowest BCUT2D eigenvalue weighted by Gasteiger charge is -2.07. The van der Waals surface area contributed by atoms with Crippen molar-refractivity contribution in [2.24, 2.45) is 0 Å². The highest BCUT2D eigenvalue weighted by Gasteiger charge is 1.92. The van der Waals surface area contributed by atoms with Crippen molar-refractivity contribution in [3.8, 4) is 0 Å². The van der Waals surface area contributed by atoms with Crippen LogP contribution in [0.5, 0.6) is 0 Å². The molecule has 0 unspecified atom stereocenters. The normalized spacial score (nSPS) is 11.0. The summed E-state index contributed by atoms with van der Waals surface area (Å²) in [4.78, 5) is 0. The van der Waals surface area contributed by atoms with Gasteiger partial charge < -0.3 is 18.9 Å². The van der Waals surface area contributed by atoms with Gasteiger partial charge in [0.25, 0.3) is 0 Å². The predicted octanol–water partition coefficient (Wildman–Crippen LogP) is 2.64. The zero-order valence-corrected chi connectivity index (χ0v) is 13.1. The summed E-state index contributed by atoms with van der Waals surface area (Å²) in [5, 5.41) is 0.988. The first-order chi connectivity index (χ1) is 8.91. The Kier molecular flexibility index (Phi) is 17.6. The Morgan fingerprint density at radius 3 is 1.39 bits per heavy atom. The third-order valence-corrected chi connectivity index (χ3v) is 2.74. The number of hydrogen-bond acceptors (Lipinski definition) is 4. The third-order valence-electron chi connectivity index (χ3n) is 2.18. The molecular formula is C13H27BrO4. The number of rotatable bonds is 15. The topological polar surface area (TPSA) is 36.9 Å². The van der Waals surface area contributed by atoms with E-state index in [0.717, 1.165) is 31.4 Å². The molecule has 0 amide bonds. The summed E-state index contributed by atoms with van der Waals surface area (Å²) >= 11 is 3.35. The maximum absolute atomic E-state index is 5.37. The molecule has 0 spiro atoms. The van der Waals surface area contributed by atoms with Gasteiger partial charge in [-0.25, -0.2) is 0 Å². The molecule has 0 aliphatic carbocycles. The van der Waals surface area contributed by atoms with Gasteiger partial charge in [0.1, 0.15) is 0 Å². The van der Waals surface area contributed by atoms with E-state index in [4.69, 9.17) is 18.9 Å². The van der Waals surface area contributed by atoms with Crippen LogP contribution in [0.3, 0.4) is 0 Å². The summed E-state index contributed by atoms with van der Waals surface area (Å²) in [6.07, 6.45) is 3.34. The monoisotopic (exact) mass is 326 g/mol. The van der Waals surface area contributed by atoms with Gasteiger partial charge in [-0.1, -0.05) is 29.3 Å². The van der Waals surface area contributed by atoms with E-state index in [1.54, 1.807) is 0 Å². The van der Waals surface area contributed by atoms with E-state index in [0.29, 0.717) is 39.6 Å². The Labute approximate surface area is 119 Å². The van der Waals surface area contributed by atoms with Gasteiger partial charge in [0.05, 0.1) is 39.6 Å². The minimum Gasteiger partial charge on any atom is -0.379 e. The van der Waals surface area contributed by atoms with Gasteiger partial charge >= 0.3 is 0 Å². The zero-order chi connectivity index (χ0) is 13.3. The van der Waals surface area contributed by atoms with Crippen LogP contribution in [0.1, 0.15) is 26.2 Å². The average molecular weight is 327 g/mol. The number of unbranched alkanes of at least 4 members (excludes halogenated alkanes) is 1. The van der Waals surface area contributed by atoms with Gasteiger partial charge in [-0.15, -0.1) is 0 Å². The van der Waals surface area contributed by atoms with E-state index in [1.807, 2.05) is 0 Å². The minimum atomic E-state index is 0.622. The van der Waals surface area contributed by atoms with Crippen LogP contribution >= 0.6 is 15.9 Å². The molecule has 0 radical (unpaired) electrons. The van der Waals surface area contributed by atoms with Gasteiger partial charge in [-0.2, -0.15) is 0 Å². The van der Waals surface area contributed by atoms with Crippen LogP contribution in [-0.2, 0) is 18.9 Å². The number of alkyl halides is 1. The quantitative estimate of drug-likeness (QED) is 0.342. The zero-order valence-electron chi connectivity index (χ0n) is 11.5. The highest BCUT2D eigenvalue weighted by Crippen LogP contribution is 1.89. The van der Waals surface area contributed by atoms with Crippen LogP contribution in [0.2, 0.25) is 0 Å². The van der Waals surface area contributed by atoms with Crippen molar-refractivity contribution in [3.63, 3.8) is 0 Å². The van der Waals surface area contributed by atoms with Gasteiger partial charge in [0, 0.05) is 18.5 Å². The highest BCUT2D eigenvalue weighted by atomic mass is 79.9. The fourth-order valence-electron chi connectivity index (χ4n) is 1.16. The molecule has 4 nitrogen and oxygen atoms in total. The van der Waals surface area contributed by atoms with Crippen LogP contribution in [0, 0.1) is 0 Å². The molecule has 0 saturated carbocycles. The van der Waals surface area contributed by atoms with Gasteiger partial charge in [-0.05, 0) is 12.8 Å². The summed E-state index contributed by atoms with van der Waals surface area (Å²) in [7, 11) is 0. The number of hydrogen-bond donors (Lipinski definition) is 0. The molecule has 110 valence electrons. The number of halogens is 1. The summed E-state index contributed by atoms with van der Waals surface area (Å²) in [5.74, 6) is 0. The average Bonchev–Trinajstić information content (AvgIpc) is 2.39. The predicted molar refractivity (Wildman–Crippen MR) is 76.6 cm³/mol. The molecule has 0 bridgehead atoms. The Morgan fingerprint density at radius 1 is 0.611 bits per heavy atom. The molecule has 0 atom stereocenters. The molecule has 0 aliphatic heterocycles. The Bertz CT molecular complexity index is 131. The lowest BCUT2D eigenvalue weighted by molar-refractivity contribution is -0.00187. The highest BCUT2D eigenvalue weighted by molar-refractivity contribution is 9.09. The smallest absolute Gasteiger partial charge is 0.0701 e. The van der Waals surface area contributed by atoms with Crippen molar-refractivity contribution < 1.29 is 18.9 Å². The standard InChI is InChI=1S/C13H27BrO4/c1-2-3-6-15-8-10-17-12-13-18-11-9-16-7-4-5-14/h2-13H2,1H3. The van der Waals surface area contributed by atoms with Gasteiger partial charge in [0.15, 0.2) is 0 Å². The van der Waals surface area contributed by atoms with Crippen molar-refractivity contribution in [2.75, 3.05) is 58.2 Å². The molecular weight excluding hydrogens is 300 g/mol. The van der Waals surface area contributed by atoms with E-state index in [9.17, 15) is 0 Å². The SMILES string of the molecule is CCCCOCCOCCOCCOCCCBr. The molecule has 0 fully saturated rings. The largest absolute Gasteiger partial charge is 0.379 e. The first-order valence-corrected chi connectivity index (χ1v) is 7.91. The van der Waals surface area contributed by atoms with Crippen LogP contribution in [-0.4, -0.2) is 58.2 Å². The lowest BCUT2D eigenvalue weighted by Crippen LogP contribution is -2.12. The molecule has 0 aromatic heterocycles. The Balaban J connectivity index is 2.86. The molecule has 0 aliphatic rings. The van der Waals surface area contributed by atoms with Gasteiger partial charge in [0.2, 0.25) is 0 Å². The fraction of sp³-hybridized carbons (Fsp3) is 1.00. The third kappa shape index (κ3) is 16.3. The first-order valence-electron chi connectivity index (χ1n) is 6.78.